The fourth-order valence-corrected chi connectivity index (χ4v) is 3.59. The summed E-state index contributed by atoms with van der Waals surface area (Å²) < 4.78 is 11.1. The number of ether oxygens (including phenoxy) is 1. The Morgan fingerprint density at radius 1 is 1.26 bits per heavy atom. The van der Waals surface area contributed by atoms with Crippen LogP contribution >= 0.6 is 22.9 Å². The maximum atomic E-state index is 11.7. The van der Waals surface area contributed by atoms with Crippen LogP contribution in [0.5, 0.6) is 0 Å². The van der Waals surface area contributed by atoms with E-state index >= 15 is 0 Å². The van der Waals surface area contributed by atoms with Gasteiger partial charge in [0, 0.05) is 29.2 Å². The van der Waals surface area contributed by atoms with Crippen molar-refractivity contribution in [3.05, 3.63) is 24.5 Å². The Morgan fingerprint density at radius 3 is 2.65 bits per heavy atom. The number of aryl methyl sites for hydroxylation is 1. The summed E-state index contributed by atoms with van der Waals surface area (Å²) in [6.07, 6.45) is 4.24. The molecule has 3 aromatic rings. The summed E-state index contributed by atoms with van der Waals surface area (Å²) in [5.41, 5.74) is 0.598. The van der Waals surface area contributed by atoms with E-state index < -0.39 is 5.60 Å². The molecule has 0 radical (unpaired) electrons. The number of aromatic nitrogens is 4. The molecule has 3 heterocycles. The first-order chi connectivity index (χ1) is 10.9. The number of hydrogen-bond acceptors (Lipinski definition) is 7. The van der Waals surface area contributed by atoms with Crippen LogP contribution < -0.4 is 4.57 Å². The molecule has 0 fully saturated rings. The van der Waals surface area contributed by atoms with Crippen molar-refractivity contribution < 1.29 is 14.1 Å². The Kier molecular flexibility index (Phi) is 4.36. The zero-order chi connectivity index (χ0) is 16.4. The van der Waals surface area contributed by atoms with E-state index in [0.29, 0.717) is 13.0 Å². The van der Waals surface area contributed by atoms with Crippen molar-refractivity contribution >= 4 is 38.5 Å². The summed E-state index contributed by atoms with van der Waals surface area (Å²) in [5.74, 6) is -0.187. The molecule has 3 rings (SSSR count). The molecule has 8 heteroatoms. The van der Waals surface area contributed by atoms with Gasteiger partial charge in [0.2, 0.25) is 0 Å². The first-order valence-electron chi connectivity index (χ1n) is 7.21. The third-order valence-electron chi connectivity index (χ3n) is 2.97. The summed E-state index contributed by atoms with van der Waals surface area (Å²) in [5, 5.41) is 4.96. The lowest BCUT2D eigenvalue weighted by molar-refractivity contribution is -0.695. The van der Waals surface area contributed by atoms with Gasteiger partial charge in [-0.1, -0.05) is 15.8 Å². The van der Waals surface area contributed by atoms with Crippen molar-refractivity contribution in [2.45, 2.75) is 39.3 Å². The number of nitrogens with zero attached hydrogens (tertiary/aromatic N) is 4. The third kappa shape index (κ3) is 4.08. The fourth-order valence-electron chi connectivity index (χ4n) is 2.00. The second-order valence-corrected chi connectivity index (χ2v) is 7.77. The Hall–Kier alpha value is -1.93. The van der Waals surface area contributed by atoms with E-state index in [9.17, 15) is 4.79 Å². The second kappa shape index (κ2) is 6.29. The lowest BCUT2D eigenvalue weighted by Gasteiger charge is -2.18. The number of carbonyl (C=O) groups is 1. The molecule has 0 aliphatic rings. The highest BCUT2D eigenvalue weighted by atomic mass is 32.1. The standard InChI is InChI=1S/C15H17N4O2S2/c1-15(2,3)21-11(20)6-9-19-7-4-10(5-8-19)12-16-13-14(22-12)17-18-23-13/h4-5,7-8H,6,9H2,1-3H3/q+1. The Labute approximate surface area is 141 Å². The predicted molar refractivity (Wildman–Crippen MR) is 89.2 cm³/mol. The molecule has 0 bridgehead atoms. The molecule has 0 spiro atoms. The largest absolute Gasteiger partial charge is 0.460 e. The van der Waals surface area contributed by atoms with E-state index in [-0.39, 0.29) is 5.97 Å². The molecule has 23 heavy (non-hydrogen) atoms. The third-order valence-corrected chi connectivity index (χ3v) is 4.71. The highest BCUT2D eigenvalue weighted by molar-refractivity contribution is 7.26. The van der Waals surface area contributed by atoms with Gasteiger partial charge in [0.05, 0.1) is 0 Å². The molecule has 0 aromatic carbocycles. The van der Waals surface area contributed by atoms with E-state index in [4.69, 9.17) is 4.74 Å². The molecule has 0 unspecified atom stereocenters. The van der Waals surface area contributed by atoms with Crippen molar-refractivity contribution in [1.29, 1.82) is 0 Å². The van der Waals surface area contributed by atoms with E-state index in [2.05, 4.69) is 14.6 Å². The monoisotopic (exact) mass is 349 g/mol. The Morgan fingerprint density at radius 2 is 2.00 bits per heavy atom. The number of pyridine rings is 1. The number of carbonyl (C=O) groups excluding carboxylic acids is 1. The van der Waals surface area contributed by atoms with Gasteiger partial charge in [0.1, 0.15) is 17.0 Å². The van der Waals surface area contributed by atoms with Crippen LogP contribution in [0, 0.1) is 0 Å². The Bertz CT molecular complexity index is 789. The van der Waals surface area contributed by atoms with Crippen molar-refractivity contribution in [3.63, 3.8) is 0 Å². The van der Waals surface area contributed by atoms with Gasteiger partial charge in [-0.05, 0) is 20.8 Å². The quantitative estimate of drug-likeness (QED) is 0.535. The van der Waals surface area contributed by atoms with Crippen LogP contribution in [0.25, 0.3) is 20.2 Å². The minimum Gasteiger partial charge on any atom is -0.460 e. The highest BCUT2D eigenvalue weighted by Gasteiger charge is 2.17. The number of fused-ring (bicyclic) bond motifs is 1. The van der Waals surface area contributed by atoms with E-state index in [1.165, 1.54) is 22.9 Å². The number of rotatable bonds is 4. The van der Waals surface area contributed by atoms with Gasteiger partial charge < -0.3 is 4.74 Å². The van der Waals surface area contributed by atoms with E-state index in [1.54, 1.807) is 0 Å². The maximum Gasteiger partial charge on any atom is 0.312 e. The van der Waals surface area contributed by atoms with Crippen molar-refractivity contribution in [2.75, 3.05) is 0 Å². The molecule has 0 aliphatic heterocycles. The van der Waals surface area contributed by atoms with Crippen molar-refractivity contribution in [2.24, 2.45) is 0 Å². The molecule has 0 saturated heterocycles. The van der Waals surface area contributed by atoms with Gasteiger partial charge >= 0.3 is 5.97 Å². The van der Waals surface area contributed by atoms with E-state index in [0.717, 1.165) is 20.2 Å². The van der Waals surface area contributed by atoms with Gasteiger partial charge in [0.15, 0.2) is 28.6 Å². The van der Waals surface area contributed by atoms with Gasteiger partial charge in [-0.25, -0.2) is 9.55 Å². The smallest absolute Gasteiger partial charge is 0.312 e. The van der Waals surface area contributed by atoms with E-state index in [1.807, 2.05) is 49.9 Å². The predicted octanol–water partition coefficient (Wildman–Crippen LogP) is 2.83. The maximum absolute atomic E-state index is 11.7. The number of thiazole rings is 1. The van der Waals surface area contributed by atoms with Gasteiger partial charge in [-0.3, -0.25) is 4.79 Å². The fraction of sp³-hybridized carbons (Fsp3) is 0.400. The second-order valence-electron chi connectivity index (χ2n) is 6.06. The number of hydrogen-bond donors (Lipinski definition) is 0. The normalized spacial score (nSPS) is 11.8. The Balaban J connectivity index is 1.63. The molecule has 6 nitrogen and oxygen atoms in total. The van der Waals surface area contributed by atoms with Crippen molar-refractivity contribution in [1.82, 2.24) is 14.6 Å². The van der Waals surface area contributed by atoms with Crippen LogP contribution in [-0.2, 0) is 16.1 Å². The lowest BCUT2D eigenvalue weighted by Crippen LogP contribution is -2.35. The molecule has 3 aromatic heterocycles. The molecule has 0 saturated carbocycles. The highest BCUT2D eigenvalue weighted by Crippen LogP contribution is 2.29. The minimum absolute atomic E-state index is 0.187. The van der Waals surface area contributed by atoms with Crippen LogP contribution in [0.3, 0.4) is 0 Å². The summed E-state index contributed by atoms with van der Waals surface area (Å²) in [4.78, 5) is 18.0. The summed E-state index contributed by atoms with van der Waals surface area (Å²) >= 11 is 2.83. The summed E-state index contributed by atoms with van der Waals surface area (Å²) in [6.45, 7) is 6.20. The van der Waals surface area contributed by atoms with Crippen LogP contribution in [0.1, 0.15) is 27.2 Å². The lowest BCUT2D eigenvalue weighted by atomic mass is 10.2. The number of esters is 1. The average molecular weight is 349 g/mol. The molecular weight excluding hydrogens is 332 g/mol. The van der Waals surface area contributed by atoms with Crippen molar-refractivity contribution in [3.8, 4) is 10.6 Å². The van der Waals surface area contributed by atoms with Crippen LogP contribution in [0.2, 0.25) is 0 Å². The van der Waals surface area contributed by atoms with Gasteiger partial charge in [0.25, 0.3) is 0 Å². The first-order valence-corrected chi connectivity index (χ1v) is 8.80. The van der Waals surface area contributed by atoms with Gasteiger partial charge in [-0.2, -0.15) is 0 Å². The van der Waals surface area contributed by atoms with Crippen LogP contribution in [0.4, 0.5) is 0 Å². The first kappa shape index (κ1) is 15.9. The molecular formula is C15H17N4O2S2+. The topological polar surface area (TPSA) is 68.8 Å². The molecule has 0 amide bonds. The van der Waals surface area contributed by atoms with Crippen LogP contribution in [-0.4, -0.2) is 26.1 Å². The minimum atomic E-state index is -0.438. The van der Waals surface area contributed by atoms with Gasteiger partial charge in [-0.15, -0.1) is 5.10 Å². The molecule has 0 N–H and O–H groups in total. The molecule has 0 aliphatic carbocycles. The summed E-state index contributed by atoms with van der Waals surface area (Å²) in [6, 6.07) is 3.98. The average Bonchev–Trinajstić information content (AvgIpc) is 3.05. The molecule has 120 valence electrons. The summed E-state index contributed by atoms with van der Waals surface area (Å²) in [7, 11) is 0. The zero-order valence-electron chi connectivity index (χ0n) is 13.1. The molecule has 0 atom stereocenters. The van der Waals surface area contributed by atoms with Crippen LogP contribution in [0.15, 0.2) is 24.5 Å². The SMILES string of the molecule is CC(C)(C)OC(=O)CC[n+]1ccc(-c2nc3snnc3s2)cc1. The zero-order valence-corrected chi connectivity index (χ0v) is 14.8.